The molecule has 3 nitrogen and oxygen atoms in total. The Hall–Kier alpha value is -1.38. The molecule has 17 heavy (non-hydrogen) atoms. The monoisotopic (exact) mass is 237 g/mol. The van der Waals surface area contributed by atoms with Crippen LogP contribution in [0.1, 0.15) is 32.6 Å². The van der Waals surface area contributed by atoms with Crippen molar-refractivity contribution < 1.29 is 14.2 Å². The predicted octanol–water partition coefficient (Wildman–Crippen LogP) is 3.46. The molecule has 0 aliphatic rings. The number of methoxy groups -OCH3 is 2. The van der Waals surface area contributed by atoms with Gasteiger partial charge in [0, 0.05) is 0 Å². The average Bonchev–Trinajstić information content (AvgIpc) is 2.38. The Balaban J connectivity index is 2.55. The summed E-state index contributed by atoms with van der Waals surface area (Å²) >= 11 is 0. The first-order valence-electron chi connectivity index (χ1n) is 6.08. The van der Waals surface area contributed by atoms with Crippen molar-refractivity contribution in [1.82, 2.24) is 0 Å². The summed E-state index contributed by atoms with van der Waals surface area (Å²) in [6.07, 6.45) is 4.73. The molecule has 0 aliphatic heterocycles. The quantitative estimate of drug-likeness (QED) is 0.648. The minimum absolute atomic E-state index is 0.667. The maximum absolute atomic E-state index is 5.73. The SMILES string of the molecule is CCCCCCOc1c(OC)c[c]cc1OC. The van der Waals surface area contributed by atoms with Gasteiger partial charge in [-0.15, -0.1) is 0 Å². The molecule has 0 atom stereocenters. The summed E-state index contributed by atoms with van der Waals surface area (Å²) in [5.74, 6) is 2.00. The van der Waals surface area contributed by atoms with Gasteiger partial charge in [-0.25, -0.2) is 0 Å². The van der Waals surface area contributed by atoms with Crippen LogP contribution in [-0.2, 0) is 0 Å². The van der Waals surface area contributed by atoms with E-state index in [9.17, 15) is 0 Å². The highest BCUT2D eigenvalue weighted by Gasteiger charge is 2.10. The van der Waals surface area contributed by atoms with E-state index in [0.717, 1.165) is 6.42 Å². The number of unbranched alkanes of at least 4 members (excludes halogenated alkanes) is 3. The lowest BCUT2D eigenvalue weighted by Crippen LogP contribution is -2.01. The van der Waals surface area contributed by atoms with E-state index >= 15 is 0 Å². The second-order valence-electron chi connectivity index (χ2n) is 3.83. The van der Waals surface area contributed by atoms with E-state index in [1.165, 1.54) is 19.3 Å². The van der Waals surface area contributed by atoms with Gasteiger partial charge in [0.15, 0.2) is 11.5 Å². The Morgan fingerprint density at radius 1 is 1.00 bits per heavy atom. The molecular weight excluding hydrogens is 216 g/mol. The molecule has 1 aromatic carbocycles. The molecule has 0 N–H and O–H groups in total. The largest absolute Gasteiger partial charge is 0.493 e. The second kappa shape index (κ2) is 7.82. The topological polar surface area (TPSA) is 27.7 Å². The van der Waals surface area contributed by atoms with Gasteiger partial charge in [0.25, 0.3) is 0 Å². The summed E-state index contributed by atoms with van der Waals surface area (Å²) in [5.41, 5.74) is 0. The molecule has 1 aromatic rings. The fourth-order valence-corrected chi connectivity index (χ4v) is 1.59. The van der Waals surface area contributed by atoms with Crippen LogP contribution in [0.3, 0.4) is 0 Å². The summed E-state index contributed by atoms with van der Waals surface area (Å²) in [6, 6.07) is 6.46. The van der Waals surface area contributed by atoms with Crippen LogP contribution in [0, 0.1) is 6.07 Å². The molecular formula is C14H21O3. The zero-order chi connectivity index (χ0) is 12.5. The van der Waals surface area contributed by atoms with Crippen molar-refractivity contribution in [2.24, 2.45) is 0 Å². The molecule has 0 fully saturated rings. The Bertz CT molecular complexity index is 301. The minimum Gasteiger partial charge on any atom is -0.493 e. The van der Waals surface area contributed by atoms with Gasteiger partial charge < -0.3 is 14.2 Å². The Morgan fingerprint density at radius 3 is 2.18 bits per heavy atom. The first kappa shape index (κ1) is 13.7. The van der Waals surface area contributed by atoms with Crippen LogP contribution in [0.5, 0.6) is 17.2 Å². The van der Waals surface area contributed by atoms with E-state index in [2.05, 4.69) is 13.0 Å². The molecule has 1 radical (unpaired) electrons. The number of hydrogen-bond acceptors (Lipinski definition) is 3. The van der Waals surface area contributed by atoms with Crippen molar-refractivity contribution in [1.29, 1.82) is 0 Å². The van der Waals surface area contributed by atoms with Crippen LogP contribution >= 0.6 is 0 Å². The van der Waals surface area contributed by atoms with E-state index < -0.39 is 0 Å². The van der Waals surface area contributed by atoms with Crippen LogP contribution < -0.4 is 14.2 Å². The Kier molecular flexibility index (Phi) is 6.30. The molecule has 0 spiro atoms. The van der Waals surface area contributed by atoms with Gasteiger partial charge in [-0.05, 0) is 24.6 Å². The second-order valence-corrected chi connectivity index (χ2v) is 3.83. The number of ether oxygens (including phenoxy) is 3. The van der Waals surface area contributed by atoms with Gasteiger partial charge in [0.05, 0.1) is 20.8 Å². The number of hydrogen-bond donors (Lipinski definition) is 0. The zero-order valence-corrected chi connectivity index (χ0v) is 10.9. The van der Waals surface area contributed by atoms with E-state index in [-0.39, 0.29) is 0 Å². The minimum atomic E-state index is 0.667. The van der Waals surface area contributed by atoms with Crippen molar-refractivity contribution in [2.75, 3.05) is 20.8 Å². The summed E-state index contributed by atoms with van der Waals surface area (Å²) in [7, 11) is 3.24. The van der Waals surface area contributed by atoms with Gasteiger partial charge in [-0.1, -0.05) is 26.2 Å². The van der Waals surface area contributed by atoms with E-state index in [0.29, 0.717) is 23.9 Å². The fraction of sp³-hybridized carbons (Fsp3) is 0.571. The van der Waals surface area contributed by atoms with Crippen molar-refractivity contribution in [3.8, 4) is 17.2 Å². The van der Waals surface area contributed by atoms with Crippen molar-refractivity contribution >= 4 is 0 Å². The third-order valence-electron chi connectivity index (χ3n) is 2.56. The van der Waals surface area contributed by atoms with E-state index in [1.54, 1.807) is 26.4 Å². The molecule has 0 bridgehead atoms. The van der Waals surface area contributed by atoms with Crippen LogP contribution in [0.4, 0.5) is 0 Å². The molecule has 95 valence electrons. The van der Waals surface area contributed by atoms with Crippen molar-refractivity contribution in [3.63, 3.8) is 0 Å². The van der Waals surface area contributed by atoms with E-state index in [1.807, 2.05) is 0 Å². The molecule has 0 amide bonds. The normalized spacial score (nSPS) is 10.1. The highest BCUT2D eigenvalue weighted by Crippen LogP contribution is 2.36. The van der Waals surface area contributed by atoms with Gasteiger partial charge >= 0.3 is 0 Å². The predicted molar refractivity (Wildman–Crippen MR) is 68.0 cm³/mol. The third kappa shape index (κ3) is 4.17. The lowest BCUT2D eigenvalue weighted by Gasteiger charge is -2.13. The third-order valence-corrected chi connectivity index (χ3v) is 2.56. The Morgan fingerprint density at radius 2 is 1.65 bits per heavy atom. The summed E-state index contributed by atoms with van der Waals surface area (Å²) in [6.45, 7) is 2.89. The molecule has 0 heterocycles. The maximum atomic E-state index is 5.73. The first-order chi connectivity index (χ1) is 8.33. The lowest BCUT2D eigenvalue weighted by molar-refractivity contribution is 0.267. The summed E-state index contributed by atoms with van der Waals surface area (Å²) in [5, 5.41) is 0. The molecule has 0 unspecified atom stereocenters. The number of benzene rings is 1. The van der Waals surface area contributed by atoms with Crippen LogP contribution in [0.15, 0.2) is 12.1 Å². The first-order valence-corrected chi connectivity index (χ1v) is 6.08. The summed E-state index contributed by atoms with van der Waals surface area (Å²) in [4.78, 5) is 0. The number of rotatable bonds is 8. The average molecular weight is 237 g/mol. The standard InChI is InChI=1S/C14H21O3/c1-4-5-6-7-11-17-14-12(15-2)9-8-10-13(14)16-3/h9-10H,4-7,11H2,1-3H3. The molecule has 3 heteroatoms. The molecule has 1 rings (SSSR count). The highest BCUT2D eigenvalue weighted by atomic mass is 16.5. The van der Waals surface area contributed by atoms with E-state index in [4.69, 9.17) is 14.2 Å². The smallest absolute Gasteiger partial charge is 0.203 e. The molecule has 0 saturated heterocycles. The highest BCUT2D eigenvalue weighted by molar-refractivity contribution is 5.50. The van der Waals surface area contributed by atoms with Gasteiger partial charge in [0.2, 0.25) is 5.75 Å². The summed E-state index contributed by atoms with van der Waals surface area (Å²) < 4.78 is 16.2. The van der Waals surface area contributed by atoms with Crippen LogP contribution in [0.25, 0.3) is 0 Å². The van der Waals surface area contributed by atoms with Crippen LogP contribution in [-0.4, -0.2) is 20.8 Å². The molecule has 0 aromatic heterocycles. The zero-order valence-electron chi connectivity index (χ0n) is 10.9. The van der Waals surface area contributed by atoms with Gasteiger partial charge in [0.1, 0.15) is 0 Å². The van der Waals surface area contributed by atoms with Crippen LogP contribution in [0.2, 0.25) is 0 Å². The van der Waals surface area contributed by atoms with Gasteiger partial charge in [-0.2, -0.15) is 0 Å². The maximum Gasteiger partial charge on any atom is 0.203 e. The molecule has 0 saturated carbocycles. The molecule has 0 aliphatic carbocycles. The van der Waals surface area contributed by atoms with Crippen molar-refractivity contribution in [2.45, 2.75) is 32.6 Å². The fourth-order valence-electron chi connectivity index (χ4n) is 1.59. The Labute approximate surface area is 104 Å². The van der Waals surface area contributed by atoms with Crippen molar-refractivity contribution in [3.05, 3.63) is 18.2 Å². The lowest BCUT2D eigenvalue weighted by atomic mass is 10.2. The van der Waals surface area contributed by atoms with Gasteiger partial charge in [-0.3, -0.25) is 0 Å².